The molecule has 0 atom stereocenters. The Morgan fingerprint density at radius 2 is 1.83 bits per heavy atom. The molecule has 0 unspecified atom stereocenters. The van der Waals surface area contributed by atoms with Gasteiger partial charge in [0.2, 0.25) is 5.91 Å². The number of rotatable bonds is 3. The van der Waals surface area contributed by atoms with Crippen LogP contribution in [0.4, 0.5) is 8.78 Å². The molecular formula is C14H17F2NO. The Kier molecular flexibility index (Phi) is 3.64. The summed E-state index contributed by atoms with van der Waals surface area (Å²) < 4.78 is 27.8. The van der Waals surface area contributed by atoms with Crippen molar-refractivity contribution in [2.45, 2.75) is 38.0 Å². The van der Waals surface area contributed by atoms with Crippen LogP contribution in [0.3, 0.4) is 0 Å². The van der Waals surface area contributed by atoms with Gasteiger partial charge in [-0.05, 0) is 25.0 Å². The SMILES string of the molecule is CC(=O)NCC1(c2c(F)cccc2F)CCCC1. The molecule has 1 aromatic carbocycles. The lowest BCUT2D eigenvalue weighted by Crippen LogP contribution is -2.39. The van der Waals surface area contributed by atoms with E-state index in [0.717, 1.165) is 12.8 Å². The van der Waals surface area contributed by atoms with Crippen LogP contribution in [0.5, 0.6) is 0 Å². The second kappa shape index (κ2) is 5.04. The topological polar surface area (TPSA) is 29.1 Å². The first-order valence-electron chi connectivity index (χ1n) is 6.24. The standard InChI is InChI=1S/C14H17F2NO/c1-10(18)17-9-14(7-2-3-8-14)13-11(15)5-4-6-12(13)16/h4-6H,2-3,7-9H2,1H3,(H,17,18). The number of carbonyl (C=O) groups is 1. The minimum Gasteiger partial charge on any atom is -0.355 e. The number of hydrogen-bond donors (Lipinski definition) is 1. The van der Waals surface area contributed by atoms with Crippen LogP contribution in [0.1, 0.15) is 38.2 Å². The molecule has 0 spiro atoms. The van der Waals surface area contributed by atoms with E-state index < -0.39 is 17.0 Å². The number of benzene rings is 1. The van der Waals surface area contributed by atoms with Crippen molar-refractivity contribution in [3.05, 3.63) is 35.4 Å². The summed E-state index contributed by atoms with van der Waals surface area (Å²) in [6.45, 7) is 1.72. The number of amides is 1. The van der Waals surface area contributed by atoms with Gasteiger partial charge >= 0.3 is 0 Å². The Labute approximate surface area is 105 Å². The molecule has 18 heavy (non-hydrogen) atoms. The van der Waals surface area contributed by atoms with Gasteiger partial charge in [0.05, 0.1) is 0 Å². The monoisotopic (exact) mass is 253 g/mol. The van der Waals surface area contributed by atoms with Crippen molar-refractivity contribution in [3.63, 3.8) is 0 Å². The van der Waals surface area contributed by atoms with E-state index in [1.807, 2.05) is 0 Å². The first kappa shape index (κ1) is 13.0. The Morgan fingerprint density at radius 3 is 2.33 bits per heavy atom. The van der Waals surface area contributed by atoms with Gasteiger partial charge in [-0.3, -0.25) is 4.79 Å². The highest BCUT2D eigenvalue weighted by Crippen LogP contribution is 2.42. The van der Waals surface area contributed by atoms with Crippen LogP contribution >= 0.6 is 0 Å². The molecule has 2 nitrogen and oxygen atoms in total. The first-order chi connectivity index (χ1) is 8.55. The lowest BCUT2D eigenvalue weighted by atomic mass is 9.78. The molecule has 1 aliphatic carbocycles. The molecule has 0 aliphatic heterocycles. The molecule has 1 N–H and O–H groups in total. The molecule has 0 saturated heterocycles. The maximum atomic E-state index is 13.9. The van der Waals surface area contributed by atoms with E-state index in [4.69, 9.17) is 0 Å². The molecule has 0 heterocycles. The van der Waals surface area contributed by atoms with Crippen LogP contribution in [0.2, 0.25) is 0 Å². The fourth-order valence-corrected chi connectivity index (χ4v) is 2.87. The summed E-state index contributed by atoms with van der Waals surface area (Å²) in [5.41, 5.74) is -0.447. The van der Waals surface area contributed by atoms with Crippen molar-refractivity contribution >= 4 is 5.91 Å². The predicted molar refractivity (Wildman–Crippen MR) is 65.2 cm³/mol. The van der Waals surface area contributed by atoms with E-state index in [9.17, 15) is 13.6 Å². The molecule has 1 saturated carbocycles. The van der Waals surface area contributed by atoms with Crippen LogP contribution in [-0.2, 0) is 10.2 Å². The van der Waals surface area contributed by atoms with Gasteiger partial charge in [0.1, 0.15) is 11.6 Å². The lowest BCUT2D eigenvalue weighted by molar-refractivity contribution is -0.119. The van der Waals surface area contributed by atoms with Gasteiger partial charge in [-0.2, -0.15) is 0 Å². The molecule has 0 aromatic heterocycles. The van der Waals surface area contributed by atoms with Crippen molar-refractivity contribution in [3.8, 4) is 0 Å². The van der Waals surface area contributed by atoms with Crippen LogP contribution in [0, 0.1) is 11.6 Å². The van der Waals surface area contributed by atoms with Crippen molar-refractivity contribution in [2.75, 3.05) is 6.54 Å². The van der Waals surface area contributed by atoms with Gasteiger partial charge in [-0.25, -0.2) is 8.78 Å². The third-order valence-corrected chi connectivity index (χ3v) is 3.73. The van der Waals surface area contributed by atoms with E-state index in [2.05, 4.69) is 5.32 Å². The quantitative estimate of drug-likeness (QED) is 0.881. The van der Waals surface area contributed by atoms with E-state index in [1.165, 1.54) is 25.1 Å². The fraction of sp³-hybridized carbons (Fsp3) is 0.500. The Morgan fingerprint density at radius 1 is 1.28 bits per heavy atom. The molecule has 1 fully saturated rings. The van der Waals surface area contributed by atoms with E-state index >= 15 is 0 Å². The predicted octanol–water partition coefficient (Wildman–Crippen LogP) is 2.91. The highest BCUT2D eigenvalue weighted by Gasteiger charge is 2.39. The van der Waals surface area contributed by atoms with Crippen LogP contribution in [-0.4, -0.2) is 12.5 Å². The van der Waals surface area contributed by atoms with Crippen molar-refractivity contribution in [1.29, 1.82) is 0 Å². The minimum atomic E-state index is -0.582. The summed E-state index contributed by atoms with van der Waals surface area (Å²) in [4.78, 5) is 11.0. The summed E-state index contributed by atoms with van der Waals surface area (Å²) in [5.74, 6) is -1.19. The third kappa shape index (κ3) is 2.37. The van der Waals surface area contributed by atoms with Gasteiger partial charge in [-0.15, -0.1) is 0 Å². The van der Waals surface area contributed by atoms with Crippen LogP contribution in [0.25, 0.3) is 0 Å². The zero-order valence-electron chi connectivity index (χ0n) is 10.4. The molecule has 1 aromatic rings. The highest BCUT2D eigenvalue weighted by molar-refractivity contribution is 5.73. The minimum absolute atomic E-state index is 0.135. The average molecular weight is 253 g/mol. The normalized spacial score (nSPS) is 17.7. The first-order valence-corrected chi connectivity index (χ1v) is 6.24. The number of halogens is 2. The van der Waals surface area contributed by atoms with E-state index in [0.29, 0.717) is 19.4 Å². The molecule has 4 heteroatoms. The molecule has 98 valence electrons. The highest BCUT2D eigenvalue weighted by atomic mass is 19.1. The summed E-state index contributed by atoms with van der Waals surface area (Å²) in [5, 5.41) is 2.71. The van der Waals surface area contributed by atoms with E-state index in [-0.39, 0.29) is 11.5 Å². The zero-order valence-corrected chi connectivity index (χ0v) is 10.4. The summed E-state index contributed by atoms with van der Waals surface area (Å²) in [7, 11) is 0. The van der Waals surface area contributed by atoms with Crippen molar-refractivity contribution < 1.29 is 13.6 Å². The van der Waals surface area contributed by atoms with Gasteiger partial charge < -0.3 is 5.32 Å². The van der Waals surface area contributed by atoms with Crippen molar-refractivity contribution in [2.24, 2.45) is 0 Å². The Bertz CT molecular complexity index is 433. The Hall–Kier alpha value is -1.45. The maximum absolute atomic E-state index is 13.9. The zero-order chi connectivity index (χ0) is 13.2. The second-order valence-corrected chi connectivity index (χ2v) is 4.99. The van der Waals surface area contributed by atoms with Crippen molar-refractivity contribution in [1.82, 2.24) is 5.32 Å². The average Bonchev–Trinajstić information content (AvgIpc) is 2.76. The molecule has 0 bridgehead atoms. The number of carbonyl (C=O) groups excluding carboxylic acids is 1. The summed E-state index contributed by atoms with van der Waals surface area (Å²) >= 11 is 0. The van der Waals surface area contributed by atoms with Crippen LogP contribution in [0.15, 0.2) is 18.2 Å². The smallest absolute Gasteiger partial charge is 0.216 e. The van der Waals surface area contributed by atoms with E-state index in [1.54, 1.807) is 0 Å². The second-order valence-electron chi connectivity index (χ2n) is 4.99. The largest absolute Gasteiger partial charge is 0.355 e. The van der Waals surface area contributed by atoms with Gasteiger partial charge in [-0.1, -0.05) is 18.9 Å². The summed E-state index contributed by atoms with van der Waals surface area (Å²) in [6.07, 6.45) is 3.30. The maximum Gasteiger partial charge on any atom is 0.216 e. The fourth-order valence-electron chi connectivity index (χ4n) is 2.87. The van der Waals surface area contributed by atoms with Crippen LogP contribution < -0.4 is 5.32 Å². The third-order valence-electron chi connectivity index (χ3n) is 3.73. The molecule has 1 amide bonds. The lowest BCUT2D eigenvalue weighted by Gasteiger charge is -2.30. The summed E-state index contributed by atoms with van der Waals surface area (Å²) in [6, 6.07) is 3.94. The molecule has 2 rings (SSSR count). The Balaban J connectivity index is 2.37. The molecule has 1 aliphatic rings. The van der Waals surface area contributed by atoms with Gasteiger partial charge in [0.15, 0.2) is 0 Å². The molecule has 0 radical (unpaired) electrons. The number of hydrogen-bond acceptors (Lipinski definition) is 1. The van der Waals surface area contributed by atoms with Gasteiger partial charge in [0, 0.05) is 24.4 Å². The molecular weight excluding hydrogens is 236 g/mol. The number of nitrogens with one attached hydrogen (secondary N) is 1. The van der Waals surface area contributed by atoms with Gasteiger partial charge in [0.25, 0.3) is 0 Å².